The Bertz CT molecular complexity index is 1940. The van der Waals surface area contributed by atoms with E-state index in [1.54, 1.807) is 31.2 Å². The molecule has 0 unspecified atom stereocenters. The number of nitrogens with zero attached hydrogens (tertiary/aromatic N) is 3. The van der Waals surface area contributed by atoms with Crippen molar-refractivity contribution in [3.05, 3.63) is 94.2 Å². The van der Waals surface area contributed by atoms with Crippen LogP contribution in [0.3, 0.4) is 0 Å². The molecule has 0 aliphatic heterocycles. The van der Waals surface area contributed by atoms with Gasteiger partial charge in [0.15, 0.2) is 5.78 Å². The molecule has 10 nitrogen and oxygen atoms in total. The topological polar surface area (TPSA) is 121 Å². The summed E-state index contributed by atoms with van der Waals surface area (Å²) in [4.78, 5) is 66.8. The molecule has 5 rings (SSSR count). The summed E-state index contributed by atoms with van der Waals surface area (Å²) in [5.74, 6) is -1.24. The summed E-state index contributed by atoms with van der Waals surface area (Å²) in [6, 6.07) is 10.8. The highest BCUT2D eigenvalue weighted by atomic mass is 127. The first-order valence-electron chi connectivity index (χ1n) is 13.4. The number of carbonyl (C=O) groups excluding carboxylic acids is 2. The van der Waals surface area contributed by atoms with Crippen molar-refractivity contribution in [2.45, 2.75) is 39.7 Å². The Kier molecular flexibility index (Phi) is 8.17. The van der Waals surface area contributed by atoms with Gasteiger partial charge in [-0.05, 0) is 85.5 Å². The Labute approximate surface area is 252 Å². The van der Waals surface area contributed by atoms with Gasteiger partial charge in [0.1, 0.15) is 23.6 Å². The molecule has 1 N–H and O–H groups in total. The lowest BCUT2D eigenvalue weighted by Gasteiger charge is -2.20. The first-order chi connectivity index (χ1) is 20.0. The van der Waals surface area contributed by atoms with E-state index in [0.717, 1.165) is 26.5 Å². The van der Waals surface area contributed by atoms with Gasteiger partial charge in [0.05, 0.1) is 23.5 Å². The van der Waals surface area contributed by atoms with Crippen molar-refractivity contribution < 1.29 is 18.7 Å². The summed E-state index contributed by atoms with van der Waals surface area (Å²) in [7, 11) is 1.42. The number of benzene rings is 2. The van der Waals surface area contributed by atoms with Crippen LogP contribution in [-0.4, -0.2) is 32.1 Å². The normalized spacial score (nSPS) is 12.9. The van der Waals surface area contributed by atoms with Crippen LogP contribution in [0, 0.1) is 22.2 Å². The number of halogens is 2. The molecule has 0 spiro atoms. The minimum Gasteiger partial charge on any atom is -0.465 e. The average Bonchev–Trinajstić information content (AvgIpc) is 3.77. The van der Waals surface area contributed by atoms with E-state index in [0.29, 0.717) is 21.5 Å². The van der Waals surface area contributed by atoms with Gasteiger partial charge in [-0.1, -0.05) is 12.1 Å². The standard InChI is InChI=1S/C30H28FIN4O6/c1-4-42-24(38)15-35-29(40)25-26(16(2)28(39)34(3)27(25)33-22-11-10-19(32)14-21(22)31)36(30(35)41)20-7-5-6-18(13-20)23(37)12-17-8-9-17/h5-7,10-11,13-14,17,33H,4,8-9,12,15H2,1-3H3. The van der Waals surface area contributed by atoms with Crippen LogP contribution in [0.4, 0.5) is 15.9 Å². The maximum absolute atomic E-state index is 14.9. The van der Waals surface area contributed by atoms with Gasteiger partial charge in [-0.3, -0.25) is 28.3 Å². The van der Waals surface area contributed by atoms with Gasteiger partial charge < -0.3 is 10.1 Å². The van der Waals surface area contributed by atoms with Crippen molar-refractivity contribution in [2.75, 3.05) is 11.9 Å². The van der Waals surface area contributed by atoms with Crippen LogP contribution >= 0.6 is 22.6 Å². The number of Topliss-reactive ketones (excluding diaryl/α,β-unsaturated/α-hetero) is 1. The number of fused-ring (bicyclic) bond motifs is 1. The molecule has 2 aromatic carbocycles. The molecule has 2 heterocycles. The summed E-state index contributed by atoms with van der Waals surface area (Å²) in [6.45, 7) is 2.42. The number of rotatable bonds is 9. The quantitative estimate of drug-likeness (QED) is 0.159. The van der Waals surface area contributed by atoms with Crippen molar-refractivity contribution in [3.8, 4) is 5.69 Å². The number of aryl methyl sites for hydroxylation is 1. The molecule has 42 heavy (non-hydrogen) atoms. The maximum Gasteiger partial charge on any atom is 0.336 e. The van der Waals surface area contributed by atoms with E-state index in [9.17, 15) is 28.4 Å². The molecule has 218 valence electrons. The summed E-state index contributed by atoms with van der Waals surface area (Å²) < 4.78 is 23.6. The minimum absolute atomic E-state index is 0.00247. The fraction of sp³-hybridized carbons (Fsp3) is 0.300. The lowest BCUT2D eigenvalue weighted by Crippen LogP contribution is -2.43. The van der Waals surface area contributed by atoms with Gasteiger partial charge in [-0.25, -0.2) is 13.8 Å². The zero-order valence-electron chi connectivity index (χ0n) is 23.2. The van der Waals surface area contributed by atoms with Gasteiger partial charge in [0.2, 0.25) is 0 Å². The smallest absolute Gasteiger partial charge is 0.336 e. The highest BCUT2D eigenvalue weighted by Gasteiger charge is 2.27. The zero-order valence-corrected chi connectivity index (χ0v) is 25.4. The second-order valence-corrected chi connectivity index (χ2v) is 11.5. The number of hydrogen-bond acceptors (Lipinski definition) is 7. The molecule has 0 radical (unpaired) electrons. The van der Waals surface area contributed by atoms with E-state index in [1.165, 1.54) is 32.2 Å². The number of pyridine rings is 1. The van der Waals surface area contributed by atoms with Crippen LogP contribution in [0.2, 0.25) is 0 Å². The Morgan fingerprint density at radius 1 is 1.10 bits per heavy atom. The summed E-state index contributed by atoms with van der Waals surface area (Å²) in [5, 5.41) is 2.75. The average molecular weight is 686 g/mol. The highest BCUT2D eigenvalue weighted by Crippen LogP contribution is 2.34. The summed E-state index contributed by atoms with van der Waals surface area (Å²) >= 11 is 1.96. The van der Waals surface area contributed by atoms with Crippen LogP contribution in [0.5, 0.6) is 0 Å². The fourth-order valence-corrected chi connectivity index (χ4v) is 5.40. The Hall–Kier alpha value is -4.07. The van der Waals surface area contributed by atoms with Crippen LogP contribution in [0.25, 0.3) is 16.6 Å². The Morgan fingerprint density at radius 2 is 1.83 bits per heavy atom. The number of hydrogen-bond donors (Lipinski definition) is 1. The molecular weight excluding hydrogens is 658 g/mol. The first-order valence-corrected chi connectivity index (χ1v) is 14.5. The Morgan fingerprint density at radius 3 is 2.50 bits per heavy atom. The molecule has 0 saturated heterocycles. The third-order valence-corrected chi connectivity index (χ3v) is 7.94. The van der Waals surface area contributed by atoms with Crippen molar-refractivity contribution in [1.29, 1.82) is 0 Å². The van der Waals surface area contributed by atoms with Gasteiger partial charge >= 0.3 is 11.7 Å². The molecule has 0 amide bonds. The van der Waals surface area contributed by atoms with Gasteiger partial charge in [0, 0.05) is 28.2 Å². The Balaban J connectivity index is 1.85. The molecular formula is C30H28FIN4O6. The number of aromatic nitrogens is 3. The van der Waals surface area contributed by atoms with E-state index in [2.05, 4.69) is 5.32 Å². The third kappa shape index (κ3) is 5.54. The van der Waals surface area contributed by atoms with Gasteiger partial charge in [-0.15, -0.1) is 0 Å². The molecule has 0 bridgehead atoms. The van der Waals surface area contributed by atoms with Crippen LogP contribution in [0.15, 0.2) is 56.8 Å². The van der Waals surface area contributed by atoms with E-state index in [1.807, 2.05) is 22.6 Å². The van der Waals surface area contributed by atoms with E-state index in [4.69, 9.17) is 4.74 Å². The maximum atomic E-state index is 14.9. The SMILES string of the molecule is CCOC(=O)Cn1c(=O)c2c(Nc3ccc(I)cc3F)n(C)c(=O)c(C)c2n(-c2cccc(C(=O)CC3CC3)c2)c1=O. The predicted octanol–water partition coefficient (Wildman–Crippen LogP) is 4.19. The molecule has 1 fully saturated rings. The molecule has 1 saturated carbocycles. The number of ketones is 1. The fourth-order valence-electron chi connectivity index (χ4n) is 4.94. The first kappa shape index (κ1) is 29.4. The minimum atomic E-state index is -0.893. The molecule has 1 aliphatic carbocycles. The molecule has 0 atom stereocenters. The van der Waals surface area contributed by atoms with Crippen LogP contribution in [0.1, 0.15) is 42.1 Å². The van der Waals surface area contributed by atoms with Crippen molar-refractivity contribution in [3.63, 3.8) is 0 Å². The summed E-state index contributed by atoms with van der Waals surface area (Å²) in [5.41, 5.74) is -1.63. The molecule has 1 aliphatic rings. The highest BCUT2D eigenvalue weighted by molar-refractivity contribution is 14.1. The van der Waals surface area contributed by atoms with E-state index < -0.39 is 35.1 Å². The van der Waals surface area contributed by atoms with Crippen molar-refractivity contribution in [1.82, 2.24) is 13.7 Å². The number of esters is 1. The molecule has 12 heteroatoms. The van der Waals surface area contributed by atoms with Crippen LogP contribution in [-0.2, 0) is 23.1 Å². The second kappa shape index (κ2) is 11.7. The van der Waals surface area contributed by atoms with Gasteiger partial charge in [-0.2, -0.15) is 0 Å². The van der Waals surface area contributed by atoms with Crippen molar-refractivity contribution in [2.24, 2.45) is 13.0 Å². The zero-order chi connectivity index (χ0) is 30.3. The molecule has 2 aromatic heterocycles. The van der Waals surface area contributed by atoms with Gasteiger partial charge in [0.25, 0.3) is 11.1 Å². The van der Waals surface area contributed by atoms with E-state index >= 15 is 0 Å². The lowest BCUT2D eigenvalue weighted by molar-refractivity contribution is -0.143. The number of anilines is 2. The largest absolute Gasteiger partial charge is 0.465 e. The van der Waals surface area contributed by atoms with Crippen LogP contribution < -0.4 is 22.1 Å². The lowest BCUT2D eigenvalue weighted by atomic mass is 10.0. The van der Waals surface area contributed by atoms with E-state index in [-0.39, 0.29) is 46.0 Å². The monoisotopic (exact) mass is 686 g/mol. The second-order valence-electron chi connectivity index (χ2n) is 10.2. The number of nitrogens with one attached hydrogen (secondary N) is 1. The van der Waals surface area contributed by atoms with Crippen molar-refractivity contribution >= 4 is 56.8 Å². The third-order valence-electron chi connectivity index (χ3n) is 7.27. The predicted molar refractivity (Wildman–Crippen MR) is 164 cm³/mol. The number of ether oxygens (including phenoxy) is 1. The summed E-state index contributed by atoms with van der Waals surface area (Å²) in [6.07, 6.45) is 2.37. The number of carbonyl (C=O) groups is 2. The molecule has 4 aromatic rings.